The Kier molecular flexibility index (Phi) is 3.77. The molecular weight excluding hydrogens is 246 g/mol. The Morgan fingerprint density at radius 3 is 2.72 bits per heavy atom. The molecule has 0 amide bonds. The summed E-state index contributed by atoms with van der Waals surface area (Å²) in [5, 5.41) is 8.65. The molecule has 0 saturated carbocycles. The minimum atomic E-state index is -0.767. The van der Waals surface area contributed by atoms with Crippen molar-refractivity contribution in [3.63, 3.8) is 0 Å². The summed E-state index contributed by atoms with van der Waals surface area (Å²) in [5.41, 5.74) is 4.53. The maximum atomic E-state index is 10.5. The van der Waals surface area contributed by atoms with Gasteiger partial charge in [-0.2, -0.15) is 4.37 Å². The first-order chi connectivity index (χ1) is 8.56. The quantitative estimate of drug-likeness (QED) is 0.917. The van der Waals surface area contributed by atoms with Crippen LogP contribution in [0, 0.1) is 13.8 Å². The number of nitrogens with zero attached hydrogens (tertiary/aromatic N) is 1. The van der Waals surface area contributed by atoms with Crippen LogP contribution in [0.1, 0.15) is 22.4 Å². The number of rotatable bonds is 4. The number of hydrogen-bond acceptors (Lipinski definition) is 3. The van der Waals surface area contributed by atoms with E-state index in [9.17, 15) is 4.79 Å². The van der Waals surface area contributed by atoms with Crippen LogP contribution < -0.4 is 0 Å². The van der Waals surface area contributed by atoms with Crippen LogP contribution in [0.15, 0.2) is 24.3 Å². The van der Waals surface area contributed by atoms with E-state index in [0.717, 1.165) is 16.1 Å². The van der Waals surface area contributed by atoms with Crippen molar-refractivity contribution < 1.29 is 9.90 Å². The Labute approximate surface area is 110 Å². The van der Waals surface area contributed by atoms with E-state index in [2.05, 4.69) is 36.4 Å². The molecule has 0 atom stereocenters. The molecule has 0 aliphatic rings. The van der Waals surface area contributed by atoms with Crippen LogP contribution in [0.4, 0.5) is 0 Å². The van der Waals surface area contributed by atoms with E-state index in [1.807, 2.05) is 6.07 Å². The summed E-state index contributed by atoms with van der Waals surface area (Å²) < 4.78 is 4.38. The Morgan fingerprint density at radius 2 is 2.06 bits per heavy atom. The highest BCUT2D eigenvalue weighted by Crippen LogP contribution is 2.24. The first-order valence-electron chi connectivity index (χ1n) is 5.81. The van der Waals surface area contributed by atoms with Crippen molar-refractivity contribution in [2.24, 2.45) is 0 Å². The number of carboxylic acids is 1. The van der Waals surface area contributed by atoms with E-state index in [0.29, 0.717) is 6.42 Å². The third kappa shape index (κ3) is 2.96. The fourth-order valence-electron chi connectivity index (χ4n) is 1.70. The van der Waals surface area contributed by atoms with Gasteiger partial charge in [-0.25, -0.2) is 0 Å². The average molecular weight is 261 g/mol. The third-order valence-electron chi connectivity index (χ3n) is 2.95. The minimum Gasteiger partial charge on any atom is -0.481 e. The fourth-order valence-corrected chi connectivity index (χ4v) is 2.43. The van der Waals surface area contributed by atoms with Crippen LogP contribution in [0.5, 0.6) is 0 Å². The standard InChI is InChI=1S/C14H15NO2S/c1-9-3-4-11(7-10(9)2)13-8-12(18-15-13)5-6-14(16)17/h3-4,7-8H,5-6H2,1-2H3,(H,16,17). The number of benzene rings is 1. The van der Waals surface area contributed by atoms with Crippen molar-refractivity contribution in [2.75, 3.05) is 0 Å². The monoisotopic (exact) mass is 261 g/mol. The number of aliphatic carboxylic acids is 1. The molecule has 0 spiro atoms. The third-order valence-corrected chi connectivity index (χ3v) is 3.79. The highest BCUT2D eigenvalue weighted by Gasteiger charge is 2.07. The predicted molar refractivity (Wildman–Crippen MR) is 73.0 cm³/mol. The van der Waals surface area contributed by atoms with Gasteiger partial charge in [-0.3, -0.25) is 4.79 Å². The number of hydrogen-bond donors (Lipinski definition) is 1. The van der Waals surface area contributed by atoms with Crippen LogP contribution >= 0.6 is 11.5 Å². The summed E-state index contributed by atoms with van der Waals surface area (Å²) in [5.74, 6) is -0.767. The summed E-state index contributed by atoms with van der Waals surface area (Å²) in [6.07, 6.45) is 0.715. The SMILES string of the molecule is Cc1ccc(-c2cc(CCC(=O)O)sn2)cc1C. The maximum absolute atomic E-state index is 10.5. The van der Waals surface area contributed by atoms with E-state index in [-0.39, 0.29) is 6.42 Å². The largest absolute Gasteiger partial charge is 0.481 e. The molecule has 0 fully saturated rings. The number of aryl methyl sites for hydroxylation is 3. The van der Waals surface area contributed by atoms with Gasteiger partial charge >= 0.3 is 5.97 Å². The molecule has 1 aromatic heterocycles. The molecule has 0 radical (unpaired) electrons. The Morgan fingerprint density at radius 1 is 1.28 bits per heavy atom. The van der Waals surface area contributed by atoms with Crippen LogP contribution in [0.3, 0.4) is 0 Å². The molecule has 0 aliphatic carbocycles. The van der Waals surface area contributed by atoms with E-state index in [4.69, 9.17) is 5.11 Å². The van der Waals surface area contributed by atoms with Crippen LogP contribution in [-0.4, -0.2) is 15.4 Å². The molecule has 4 heteroatoms. The lowest BCUT2D eigenvalue weighted by Crippen LogP contribution is -1.95. The molecule has 0 bridgehead atoms. The van der Waals surface area contributed by atoms with E-state index in [1.54, 1.807) is 0 Å². The number of carbonyl (C=O) groups is 1. The van der Waals surface area contributed by atoms with Crippen LogP contribution in [0.25, 0.3) is 11.3 Å². The molecule has 0 saturated heterocycles. The maximum Gasteiger partial charge on any atom is 0.303 e. The van der Waals surface area contributed by atoms with Crippen molar-refractivity contribution in [3.8, 4) is 11.3 Å². The average Bonchev–Trinajstić information content (AvgIpc) is 2.79. The van der Waals surface area contributed by atoms with Gasteiger partial charge in [0.15, 0.2) is 0 Å². The zero-order valence-electron chi connectivity index (χ0n) is 10.4. The van der Waals surface area contributed by atoms with Gasteiger partial charge in [0.25, 0.3) is 0 Å². The van der Waals surface area contributed by atoms with Gasteiger partial charge in [0.05, 0.1) is 12.1 Å². The summed E-state index contributed by atoms with van der Waals surface area (Å²) >= 11 is 1.38. The molecule has 3 nitrogen and oxygen atoms in total. The molecule has 0 aliphatic heterocycles. The van der Waals surface area contributed by atoms with E-state index in [1.165, 1.54) is 22.7 Å². The summed E-state index contributed by atoms with van der Waals surface area (Å²) in [4.78, 5) is 11.5. The summed E-state index contributed by atoms with van der Waals surface area (Å²) in [6.45, 7) is 4.16. The lowest BCUT2D eigenvalue weighted by Gasteiger charge is -2.02. The van der Waals surface area contributed by atoms with Crippen molar-refractivity contribution in [2.45, 2.75) is 26.7 Å². The second-order valence-electron chi connectivity index (χ2n) is 4.37. The lowest BCUT2D eigenvalue weighted by molar-refractivity contribution is -0.136. The Hall–Kier alpha value is -1.68. The zero-order chi connectivity index (χ0) is 13.1. The highest BCUT2D eigenvalue weighted by atomic mass is 32.1. The lowest BCUT2D eigenvalue weighted by atomic mass is 10.0. The van der Waals surface area contributed by atoms with Gasteiger partial charge in [0, 0.05) is 10.4 Å². The highest BCUT2D eigenvalue weighted by molar-refractivity contribution is 7.06. The smallest absolute Gasteiger partial charge is 0.303 e. The Balaban J connectivity index is 2.18. The molecule has 1 heterocycles. The normalized spacial score (nSPS) is 10.6. The number of aromatic nitrogens is 1. The van der Waals surface area contributed by atoms with Gasteiger partial charge in [0.1, 0.15) is 0 Å². The molecule has 2 rings (SSSR count). The van der Waals surface area contributed by atoms with Gasteiger partial charge < -0.3 is 5.11 Å². The first kappa shape index (κ1) is 12.8. The zero-order valence-corrected chi connectivity index (χ0v) is 11.3. The van der Waals surface area contributed by atoms with E-state index < -0.39 is 5.97 Å². The molecule has 18 heavy (non-hydrogen) atoms. The van der Waals surface area contributed by atoms with E-state index >= 15 is 0 Å². The molecular formula is C14H15NO2S. The van der Waals surface area contributed by atoms with Gasteiger partial charge in [-0.05, 0) is 55.1 Å². The molecule has 0 unspecified atom stereocenters. The van der Waals surface area contributed by atoms with Crippen LogP contribution in [0.2, 0.25) is 0 Å². The summed E-state index contributed by atoms with van der Waals surface area (Å²) in [7, 11) is 0. The summed E-state index contributed by atoms with van der Waals surface area (Å²) in [6, 6.07) is 8.24. The van der Waals surface area contributed by atoms with Gasteiger partial charge in [-0.1, -0.05) is 12.1 Å². The molecule has 2 aromatic rings. The predicted octanol–water partition coefficient (Wildman–Crippen LogP) is 3.44. The topological polar surface area (TPSA) is 50.2 Å². The fraction of sp³-hybridized carbons (Fsp3) is 0.286. The molecule has 1 N–H and O–H groups in total. The molecule has 94 valence electrons. The first-order valence-corrected chi connectivity index (χ1v) is 6.58. The second-order valence-corrected chi connectivity index (χ2v) is 5.26. The van der Waals surface area contributed by atoms with Crippen LogP contribution in [-0.2, 0) is 11.2 Å². The number of carboxylic acid groups (broad SMARTS) is 1. The Bertz CT molecular complexity index is 575. The van der Waals surface area contributed by atoms with Gasteiger partial charge in [-0.15, -0.1) is 0 Å². The van der Waals surface area contributed by atoms with Crippen molar-refractivity contribution in [1.82, 2.24) is 4.37 Å². The minimum absolute atomic E-state index is 0.161. The van der Waals surface area contributed by atoms with Crippen molar-refractivity contribution in [3.05, 3.63) is 40.3 Å². The van der Waals surface area contributed by atoms with Crippen molar-refractivity contribution in [1.29, 1.82) is 0 Å². The molecule has 1 aromatic carbocycles. The second kappa shape index (κ2) is 5.31. The van der Waals surface area contributed by atoms with Gasteiger partial charge in [0.2, 0.25) is 0 Å². The van der Waals surface area contributed by atoms with Crippen molar-refractivity contribution >= 4 is 17.5 Å².